The summed E-state index contributed by atoms with van der Waals surface area (Å²) in [6.45, 7) is 0. The van der Waals surface area contributed by atoms with E-state index in [0.29, 0.717) is 10.0 Å². The van der Waals surface area contributed by atoms with E-state index in [9.17, 15) is 15.0 Å². The summed E-state index contributed by atoms with van der Waals surface area (Å²) in [6.07, 6.45) is -0.182. The fourth-order valence-corrected chi connectivity index (χ4v) is 1.49. The quantitative estimate of drug-likeness (QED) is 0.753. The molecule has 3 N–H and O–H groups in total. The van der Waals surface area contributed by atoms with Crippen LogP contribution in [0.5, 0.6) is 0 Å². The molecule has 2 unspecified atom stereocenters. The first-order valence-electron chi connectivity index (χ1n) is 4.19. The van der Waals surface area contributed by atoms with Crippen LogP contribution in [-0.4, -0.2) is 32.4 Å². The van der Waals surface area contributed by atoms with Gasteiger partial charge in [0.1, 0.15) is 6.10 Å². The van der Waals surface area contributed by atoms with Gasteiger partial charge in [0.2, 0.25) is 0 Å². The number of carboxylic acid groups (broad SMARTS) is 1. The number of aliphatic hydroxyl groups is 2. The molecule has 5 nitrogen and oxygen atoms in total. The Morgan fingerprint density at radius 2 is 2.13 bits per heavy atom. The van der Waals surface area contributed by atoms with Crippen LogP contribution >= 0.6 is 15.9 Å². The molecule has 1 rings (SSSR count). The van der Waals surface area contributed by atoms with E-state index in [0.717, 1.165) is 0 Å². The Labute approximate surface area is 94.5 Å². The molecule has 15 heavy (non-hydrogen) atoms. The molecule has 82 valence electrons. The van der Waals surface area contributed by atoms with Gasteiger partial charge in [-0.05, 0) is 22.0 Å². The fraction of sp³-hybridized carbons (Fsp3) is 0.333. The number of carbonyl (C=O) groups is 1. The molecule has 0 saturated carbocycles. The molecule has 1 aromatic heterocycles. The second-order valence-electron chi connectivity index (χ2n) is 3.05. The van der Waals surface area contributed by atoms with Crippen LogP contribution in [0, 0.1) is 0 Å². The molecular weight excluding hydrogens is 266 g/mol. The molecule has 0 amide bonds. The lowest BCUT2D eigenvalue weighted by molar-refractivity contribution is -0.141. The van der Waals surface area contributed by atoms with Gasteiger partial charge in [-0.15, -0.1) is 0 Å². The van der Waals surface area contributed by atoms with Crippen LogP contribution in [0.1, 0.15) is 18.1 Å². The van der Waals surface area contributed by atoms with Crippen molar-refractivity contribution in [3.05, 3.63) is 28.5 Å². The number of halogens is 1. The Kier molecular flexibility index (Phi) is 4.19. The monoisotopic (exact) mass is 275 g/mol. The average Bonchev–Trinajstić information content (AvgIpc) is 2.15. The van der Waals surface area contributed by atoms with Crippen LogP contribution in [-0.2, 0) is 4.79 Å². The summed E-state index contributed by atoms with van der Waals surface area (Å²) in [5.74, 6) is -1.16. The van der Waals surface area contributed by atoms with Crippen molar-refractivity contribution in [1.82, 2.24) is 4.98 Å². The molecule has 0 bridgehead atoms. The minimum atomic E-state index is -1.33. The van der Waals surface area contributed by atoms with Crippen molar-refractivity contribution in [2.24, 2.45) is 0 Å². The van der Waals surface area contributed by atoms with E-state index < -0.39 is 24.6 Å². The predicted octanol–water partition coefficient (Wildman–Crippen LogP) is 0.713. The molecule has 0 aromatic carbocycles. The summed E-state index contributed by atoms with van der Waals surface area (Å²) >= 11 is 3.16. The van der Waals surface area contributed by atoms with Gasteiger partial charge >= 0.3 is 5.97 Å². The summed E-state index contributed by atoms with van der Waals surface area (Å²) in [7, 11) is 0. The lowest BCUT2D eigenvalue weighted by atomic mass is 10.0. The van der Waals surface area contributed by atoms with Crippen molar-refractivity contribution in [2.75, 3.05) is 0 Å². The molecule has 1 heterocycles. The zero-order chi connectivity index (χ0) is 11.4. The van der Waals surface area contributed by atoms with Crippen molar-refractivity contribution < 1.29 is 20.1 Å². The van der Waals surface area contributed by atoms with Gasteiger partial charge < -0.3 is 15.3 Å². The third kappa shape index (κ3) is 3.58. The molecule has 0 spiro atoms. The van der Waals surface area contributed by atoms with Crippen LogP contribution in [0.4, 0.5) is 0 Å². The predicted molar refractivity (Wildman–Crippen MR) is 55.2 cm³/mol. The van der Waals surface area contributed by atoms with E-state index in [1.165, 1.54) is 12.4 Å². The van der Waals surface area contributed by atoms with E-state index >= 15 is 0 Å². The van der Waals surface area contributed by atoms with E-state index in [1.807, 2.05) is 0 Å². The SMILES string of the molecule is O=C(O)CC(O)C(O)c1cncc(Br)c1. The Bertz CT molecular complexity index is 358. The van der Waals surface area contributed by atoms with Crippen molar-refractivity contribution in [3.63, 3.8) is 0 Å². The minimum Gasteiger partial charge on any atom is -0.481 e. The van der Waals surface area contributed by atoms with Gasteiger partial charge in [0.05, 0.1) is 12.5 Å². The Balaban J connectivity index is 2.75. The molecule has 2 atom stereocenters. The average molecular weight is 276 g/mol. The normalized spacial score (nSPS) is 14.6. The third-order valence-corrected chi connectivity index (χ3v) is 2.25. The molecule has 0 radical (unpaired) electrons. The van der Waals surface area contributed by atoms with Gasteiger partial charge in [-0.1, -0.05) is 0 Å². The van der Waals surface area contributed by atoms with Crippen molar-refractivity contribution in [3.8, 4) is 0 Å². The first-order valence-corrected chi connectivity index (χ1v) is 4.98. The van der Waals surface area contributed by atoms with Crippen LogP contribution in [0.2, 0.25) is 0 Å². The zero-order valence-electron chi connectivity index (χ0n) is 7.67. The lowest BCUT2D eigenvalue weighted by Crippen LogP contribution is -2.21. The first-order chi connectivity index (χ1) is 7.00. The number of pyridine rings is 1. The zero-order valence-corrected chi connectivity index (χ0v) is 9.25. The second kappa shape index (κ2) is 5.20. The maximum absolute atomic E-state index is 10.3. The maximum Gasteiger partial charge on any atom is 0.306 e. The fourth-order valence-electron chi connectivity index (χ4n) is 1.10. The lowest BCUT2D eigenvalue weighted by Gasteiger charge is -2.15. The van der Waals surface area contributed by atoms with E-state index in [2.05, 4.69) is 20.9 Å². The number of carboxylic acids is 1. The number of nitrogens with zero attached hydrogens (tertiary/aromatic N) is 1. The Morgan fingerprint density at radius 3 is 2.67 bits per heavy atom. The highest BCUT2D eigenvalue weighted by Crippen LogP contribution is 2.20. The summed E-state index contributed by atoms with van der Waals surface area (Å²) in [6, 6.07) is 1.57. The topological polar surface area (TPSA) is 90.7 Å². The van der Waals surface area contributed by atoms with Crippen LogP contribution in [0.15, 0.2) is 22.9 Å². The van der Waals surface area contributed by atoms with Gasteiger partial charge in [0.15, 0.2) is 0 Å². The number of aliphatic hydroxyl groups excluding tert-OH is 2. The van der Waals surface area contributed by atoms with Gasteiger partial charge in [-0.2, -0.15) is 0 Å². The third-order valence-electron chi connectivity index (χ3n) is 1.82. The smallest absolute Gasteiger partial charge is 0.306 e. The Morgan fingerprint density at radius 1 is 1.47 bits per heavy atom. The van der Waals surface area contributed by atoms with Gasteiger partial charge in [-0.3, -0.25) is 9.78 Å². The number of aromatic nitrogens is 1. The highest BCUT2D eigenvalue weighted by atomic mass is 79.9. The molecule has 0 saturated heterocycles. The largest absolute Gasteiger partial charge is 0.481 e. The standard InChI is InChI=1S/C9H10BrNO4/c10-6-1-5(3-11-4-6)9(15)7(12)2-8(13)14/h1,3-4,7,9,12,15H,2H2,(H,13,14). The summed E-state index contributed by atoms with van der Waals surface area (Å²) < 4.78 is 0.654. The number of hydrogen-bond acceptors (Lipinski definition) is 4. The summed E-state index contributed by atoms with van der Waals surface area (Å²) in [5, 5.41) is 27.4. The van der Waals surface area contributed by atoms with Crippen molar-refractivity contribution in [1.29, 1.82) is 0 Å². The second-order valence-corrected chi connectivity index (χ2v) is 3.96. The van der Waals surface area contributed by atoms with E-state index in [-0.39, 0.29) is 0 Å². The molecule has 1 aromatic rings. The van der Waals surface area contributed by atoms with Crippen LogP contribution in [0.25, 0.3) is 0 Å². The van der Waals surface area contributed by atoms with Gasteiger partial charge in [0, 0.05) is 22.4 Å². The molecule has 0 aliphatic heterocycles. The summed E-state index contributed by atoms with van der Waals surface area (Å²) in [5.41, 5.74) is 0.373. The number of aliphatic carboxylic acids is 1. The summed E-state index contributed by atoms with van der Waals surface area (Å²) in [4.78, 5) is 14.1. The van der Waals surface area contributed by atoms with E-state index in [4.69, 9.17) is 5.11 Å². The number of rotatable bonds is 4. The first kappa shape index (κ1) is 12.1. The highest BCUT2D eigenvalue weighted by Gasteiger charge is 2.21. The maximum atomic E-state index is 10.3. The van der Waals surface area contributed by atoms with Crippen molar-refractivity contribution in [2.45, 2.75) is 18.6 Å². The molecule has 0 fully saturated rings. The molecule has 0 aliphatic carbocycles. The van der Waals surface area contributed by atoms with Crippen LogP contribution < -0.4 is 0 Å². The number of hydrogen-bond donors (Lipinski definition) is 3. The Hall–Kier alpha value is -0.980. The van der Waals surface area contributed by atoms with Crippen molar-refractivity contribution >= 4 is 21.9 Å². The van der Waals surface area contributed by atoms with Crippen LogP contribution in [0.3, 0.4) is 0 Å². The molecule has 0 aliphatic rings. The van der Waals surface area contributed by atoms with Gasteiger partial charge in [-0.25, -0.2) is 0 Å². The minimum absolute atomic E-state index is 0.373. The molecular formula is C9H10BrNO4. The molecule has 6 heteroatoms. The van der Waals surface area contributed by atoms with E-state index in [1.54, 1.807) is 6.07 Å². The highest BCUT2D eigenvalue weighted by molar-refractivity contribution is 9.10. The van der Waals surface area contributed by atoms with Gasteiger partial charge in [0.25, 0.3) is 0 Å².